The summed E-state index contributed by atoms with van der Waals surface area (Å²) in [4.78, 5) is 12.4. The zero-order valence-corrected chi connectivity index (χ0v) is 15.9. The number of rotatable bonds is 7. The van der Waals surface area contributed by atoms with Gasteiger partial charge in [-0.1, -0.05) is 6.92 Å². The van der Waals surface area contributed by atoms with E-state index in [1.54, 1.807) is 0 Å². The molecule has 3 rings (SSSR count). The summed E-state index contributed by atoms with van der Waals surface area (Å²) in [7, 11) is -3.58. The molecule has 0 saturated carbocycles. The van der Waals surface area contributed by atoms with Crippen LogP contribution in [0, 0.1) is 0 Å². The van der Waals surface area contributed by atoms with Crippen LogP contribution in [0.4, 0.5) is 8.78 Å². The summed E-state index contributed by atoms with van der Waals surface area (Å²) in [5.74, 6) is -2.60. The summed E-state index contributed by atoms with van der Waals surface area (Å²) in [6.45, 7) is 1.49. The van der Waals surface area contributed by atoms with E-state index in [0.717, 1.165) is 6.92 Å². The van der Waals surface area contributed by atoms with E-state index in [9.17, 15) is 17.2 Å². The van der Waals surface area contributed by atoms with Crippen molar-refractivity contribution < 1.29 is 21.9 Å². The Balaban J connectivity index is 2.02. The topological polar surface area (TPSA) is 99.9 Å². The minimum Gasteiger partial charge on any atom is -0.486 e. The molecule has 0 aromatic carbocycles. The molecule has 0 aliphatic rings. The van der Waals surface area contributed by atoms with Crippen LogP contribution in [0.15, 0.2) is 48.0 Å². The molecule has 0 radical (unpaired) electrons. The number of sulfone groups is 1. The van der Waals surface area contributed by atoms with E-state index in [0.29, 0.717) is 5.82 Å². The van der Waals surface area contributed by atoms with E-state index in [1.165, 1.54) is 54.7 Å². The summed E-state index contributed by atoms with van der Waals surface area (Å²) in [5.41, 5.74) is 0.381. The van der Waals surface area contributed by atoms with Crippen LogP contribution in [0.25, 0.3) is 17.2 Å². The fraction of sp³-hybridized carbons (Fsp3) is 0.294. The standard InChI is InChI=1S/C17H17F2N5O3S/c1-3-28(25,26)14-6-7-15(24-11-20-10-22-24)23-16(14)13-5-4-12(8-21-13)27-9-17(2,18)19/h4-8,10-11H,3,9H2,1-2H3. The summed E-state index contributed by atoms with van der Waals surface area (Å²) in [5, 5.41) is 3.98. The summed E-state index contributed by atoms with van der Waals surface area (Å²) in [6.07, 6.45) is 3.99. The summed E-state index contributed by atoms with van der Waals surface area (Å²) >= 11 is 0. The SMILES string of the molecule is CCS(=O)(=O)c1ccc(-n2cncn2)nc1-c1ccc(OCC(C)(F)F)cn1. The largest absolute Gasteiger partial charge is 0.486 e. The van der Waals surface area contributed by atoms with Gasteiger partial charge in [-0.2, -0.15) is 5.10 Å². The van der Waals surface area contributed by atoms with Crippen LogP contribution in [0.1, 0.15) is 13.8 Å². The van der Waals surface area contributed by atoms with Crippen LogP contribution in [0.5, 0.6) is 5.75 Å². The molecule has 3 aromatic heterocycles. The third kappa shape index (κ3) is 4.47. The molecular weight excluding hydrogens is 392 g/mol. The van der Waals surface area contributed by atoms with Gasteiger partial charge in [0.1, 0.15) is 24.1 Å². The maximum atomic E-state index is 12.9. The third-order valence-corrected chi connectivity index (χ3v) is 5.44. The second-order valence-electron chi connectivity index (χ2n) is 6.00. The van der Waals surface area contributed by atoms with Crippen LogP contribution in [0.3, 0.4) is 0 Å². The average Bonchev–Trinajstić information content (AvgIpc) is 3.20. The lowest BCUT2D eigenvalue weighted by molar-refractivity contribution is -0.0230. The Morgan fingerprint density at radius 3 is 2.57 bits per heavy atom. The van der Waals surface area contributed by atoms with Crippen molar-refractivity contribution in [3.63, 3.8) is 0 Å². The molecule has 3 heterocycles. The second-order valence-corrected chi connectivity index (χ2v) is 8.24. The normalized spacial score (nSPS) is 12.1. The Hall–Kier alpha value is -2.95. The molecule has 0 spiro atoms. The molecule has 0 fully saturated rings. The predicted octanol–water partition coefficient (Wildman–Crippen LogP) is 2.55. The third-order valence-electron chi connectivity index (χ3n) is 3.68. The molecule has 0 aliphatic carbocycles. The van der Waals surface area contributed by atoms with E-state index < -0.39 is 22.4 Å². The van der Waals surface area contributed by atoms with E-state index in [4.69, 9.17) is 4.74 Å². The molecule has 0 amide bonds. The van der Waals surface area contributed by atoms with Gasteiger partial charge in [0.2, 0.25) is 0 Å². The highest BCUT2D eigenvalue weighted by Crippen LogP contribution is 2.27. The number of aromatic nitrogens is 5. The van der Waals surface area contributed by atoms with E-state index in [1.807, 2.05) is 0 Å². The lowest BCUT2D eigenvalue weighted by Crippen LogP contribution is -2.20. The van der Waals surface area contributed by atoms with E-state index in [2.05, 4.69) is 20.1 Å². The van der Waals surface area contributed by atoms with Crippen LogP contribution in [-0.4, -0.2) is 51.4 Å². The van der Waals surface area contributed by atoms with Crippen molar-refractivity contribution in [1.82, 2.24) is 24.7 Å². The first-order chi connectivity index (χ1) is 13.2. The Kier molecular flexibility index (Phi) is 5.36. The zero-order chi connectivity index (χ0) is 20.4. The number of ether oxygens (including phenoxy) is 1. The molecule has 11 heteroatoms. The van der Waals surface area contributed by atoms with Gasteiger partial charge in [0.05, 0.1) is 22.5 Å². The smallest absolute Gasteiger partial charge is 0.278 e. The number of pyridine rings is 2. The van der Waals surface area contributed by atoms with Crippen molar-refractivity contribution >= 4 is 9.84 Å². The Morgan fingerprint density at radius 2 is 2.00 bits per heavy atom. The Bertz CT molecular complexity index is 1050. The molecule has 0 unspecified atom stereocenters. The van der Waals surface area contributed by atoms with Crippen molar-refractivity contribution in [2.24, 2.45) is 0 Å². The van der Waals surface area contributed by atoms with Crippen molar-refractivity contribution in [2.75, 3.05) is 12.4 Å². The fourth-order valence-electron chi connectivity index (χ4n) is 2.30. The van der Waals surface area contributed by atoms with E-state index in [-0.39, 0.29) is 27.8 Å². The van der Waals surface area contributed by atoms with Crippen LogP contribution in [-0.2, 0) is 9.84 Å². The predicted molar refractivity (Wildman–Crippen MR) is 96.2 cm³/mol. The van der Waals surface area contributed by atoms with Crippen molar-refractivity contribution in [2.45, 2.75) is 24.7 Å². The van der Waals surface area contributed by atoms with Gasteiger partial charge in [-0.15, -0.1) is 0 Å². The van der Waals surface area contributed by atoms with Gasteiger partial charge in [-0.05, 0) is 24.3 Å². The summed E-state index contributed by atoms with van der Waals surface area (Å²) in [6, 6.07) is 5.84. The molecule has 28 heavy (non-hydrogen) atoms. The number of nitrogens with zero attached hydrogens (tertiary/aromatic N) is 5. The fourth-order valence-corrected chi connectivity index (χ4v) is 3.33. The lowest BCUT2D eigenvalue weighted by Gasteiger charge is -2.13. The first-order valence-corrected chi connectivity index (χ1v) is 9.91. The Morgan fingerprint density at radius 1 is 1.21 bits per heavy atom. The maximum absolute atomic E-state index is 12.9. The van der Waals surface area contributed by atoms with Crippen molar-refractivity contribution in [3.05, 3.63) is 43.1 Å². The number of hydrogen-bond acceptors (Lipinski definition) is 7. The highest BCUT2D eigenvalue weighted by atomic mass is 32.2. The first kappa shape index (κ1) is 19.8. The Labute approximate surface area is 160 Å². The minimum atomic E-state index is -3.58. The molecule has 148 valence electrons. The van der Waals surface area contributed by atoms with Crippen LogP contribution >= 0.6 is 0 Å². The molecule has 8 nitrogen and oxygen atoms in total. The monoisotopic (exact) mass is 409 g/mol. The molecule has 0 N–H and O–H groups in total. The van der Waals surface area contributed by atoms with Gasteiger partial charge < -0.3 is 4.74 Å². The molecule has 0 aliphatic heterocycles. The van der Waals surface area contributed by atoms with Gasteiger partial charge in [0.15, 0.2) is 22.3 Å². The van der Waals surface area contributed by atoms with Crippen LogP contribution in [0.2, 0.25) is 0 Å². The number of hydrogen-bond donors (Lipinski definition) is 0. The maximum Gasteiger partial charge on any atom is 0.278 e. The minimum absolute atomic E-state index is 0.0140. The number of halogens is 2. The van der Waals surface area contributed by atoms with E-state index >= 15 is 0 Å². The molecule has 0 atom stereocenters. The summed E-state index contributed by atoms with van der Waals surface area (Å²) < 4.78 is 57.1. The van der Waals surface area contributed by atoms with Gasteiger partial charge in [-0.25, -0.2) is 31.8 Å². The quantitative estimate of drug-likeness (QED) is 0.591. The van der Waals surface area contributed by atoms with Crippen molar-refractivity contribution in [3.8, 4) is 23.0 Å². The van der Waals surface area contributed by atoms with Gasteiger partial charge in [0, 0.05) is 6.92 Å². The number of alkyl halides is 2. The van der Waals surface area contributed by atoms with Gasteiger partial charge in [0.25, 0.3) is 5.92 Å². The lowest BCUT2D eigenvalue weighted by atomic mass is 10.2. The van der Waals surface area contributed by atoms with Gasteiger partial charge in [-0.3, -0.25) is 4.98 Å². The highest BCUT2D eigenvalue weighted by molar-refractivity contribution is 7.91. The highest BCUT2D eigenvalue weighted by Gasteiger charge is 2.23. The molecule has 0 saturated heterocycles. The average molecular weight is 409 g/mol. The molecular formula is C17H17F2N5O3S. The first-order valence-electron chi connectivity index (χ1n) is 8.25. The second kappa shape index (κ2) is 7.58. The van der Waals surface area contributed by atoms with Gasteiger partial charge >= 0.3 is 0 Å². The molecule has 3 aromatic rings. The van der Waals surface area contributed by atoms with Crippen molar-refractivity contribution in [1.29, 1.82) is 0 Å². The zero-order valence-electron chi connectivity index (χ0n) is 15.1. The molecule has 0 bridgehead atoms. The van der Waals surface area contributed by atoms with Crippen LogP contribution < -0.4 is 4.74 Å².